The van der Waals surface area contributed by atoms with Crippen LogP contribution in [0.25, 0.3) is 0 Å². The predicted molar refractivity (Wildman–Crippen MR) is 171 cm³/mol. The van der Waals surface area contributed by atoms with E-state index in [1.807, 2.05) is 26.8 Å². The Morgan fingerprint density at radius 3 is 2.70 bits per heavy atom. The highest BCUT2D eigenvalue weighted by molar-refractivity contribution is 6.42. The van der Waals surface area contributed by atoms with Gasteiger partial charge in [0.15, 0.2) is 5.89 Å². The number of rotatable bonds is 13. The number of ether oxygens (including phenoxy) is 1. The molecule has 234 valence electrons. The van der Waals surface area contributed by atoms with Crippen LogP contribution < -0.4 is 10.6 Å². The number of oxazole rings is 1. The molecule has 0 saturated carbocycles. The average molecular weight is 633 g/mol. The van der Waals surface area contributed by atoms with Gasteiger partial charge < -0.3 is 30.1 Å². The van der Waals surface area contributed by atoms with Crippen LogP contribution in [0.1, 0.15) is 89.3 Å². The van der Waals surface area contributed by atoms with Gasteiger partial charge in [-0.15, -0.1) is 0 Å². The number of aromatic nitrogens is 1. The number of hydrogen-bond acceptors (Lipinski definition) is 7. The summed E-state index contributed by atoms with van der Waals surface area (Å²) in [4.78, 5) is 31.9. The molecule has 43 heavy (non-hydrogen) atoms. The smallest absolute Gasteiger partial charge is 0.410 e. The van der Waals surface area contributed by atoms with E-state index in [0.29, 0.717) is 59.0 Å². The van der Waals surface area contributed by atoms with Gasteiger partial charge >= 0.3 is 6.09 Å². The Morgan fingerprint density at radius 2 is 2.00 bits per heavy atom. The first kappa shape index (κ1) is 34.2. The lowest BCUT2D eigenvalue weighted by Crippen LogP contribution is -2.42. The first-order valence-corrected chi connectivity index (χ1v) is 15.4. The van der Waals surface area contributed by atoms with Crippen LogP contribution in [-0.2, 0) is 22.5 Å². The van der Waals surface area contributed by atoms with Gasteiger partial charge in [0, 0.05) is 31.4 Å². The summed E-state index contributed by atoms with van der Waals surface area (Å²) in [6, 6.07) is 5.32. The minimum absolute atomic E-state index is 0.0542. The van der Waals surface area contributed by atoms with Crippen LogP contribution >= 0.6 is 23.2 Å². The van der Waals surface area contributed by atoms with E-state index in [9.17, 15) is 9.59 Å². The van der Waals surface area contributed by atoms with Gasteiger partial charge in [0.25, 0.3) is 5.91 Å². The first-order chi connectivity index (χ1) is 20.4. The number of hydrogen-bond donors (Lipinski definition) is 3. The second-order valence-corrected chi connectivity index (χ2v) is 12.7. The summed E-state index contributed by atoms with van der Waals surface area (Å²) >= 11 is 12.0. The van der Waals surface area contributed by atoms with Gasteiger partial charge in [-0.05, 0) is 89.5 Å². The Morgan fingerprint density at radius 1 is 1.23 bits per heavy atom. The van der Waals surface area contributed by atoms with Crippen LogP contribution in [0, 0.1) is 5.41 Å². The van der Waals surface area contributed by atoms with E-state index in [0.717, 1.165) is 49.8 Å². The summed E-state index contributed by atoms with van der Waals surface area (Å²) in [5.41, 5.74) is 2.43. The molecule has 0 bridgehead atoms. The van der Waals surface area contributed by atoms with Crippen LogP contribution in [0.5, 0.6) is 0 Å². The van der Waals surface area contributed by atoms with Crippen molar-refractivity contribution in [2.45, 2.75) is 90.7 Å². The molecule has 1 atom stereocenters. The zero-order valence-corrected chi connectivity index (χ0v) is 27.0. The summed E-state index contributed by atoms with van der Waals surface area (Å²) < 4.78 is 11.3. The number of carbonyl (C=O) groups is 2. The summed E-state index contributed by atoms with van der Waals surface area (Å²) in [7, 11) is 0. The van der Waals surface area contributed by atoms with E-state index >= 15 is 0 Å². The summed E-state index contributed by atoms with van der Waals surface area (Å²) in [5, 5.41) is 14.5. The molecule has 1 aromatic heterocycles. The van der Waals surface area contributed by atoms with Crippen LogP contribution in [0.3, 0.4) is 0 Å². The Balaban J connectivity index is 1.42. The van der Waals surface area contributed by atoms with Crippen LogP contribution in [0.4, 0.5) is 4.79 Å². The fourth-order valence-electron chi connectivity index (χ4n) is 4.77. The molecule has 1 aliphatic rings. The summed E-state index contributed by atoms with van der Waals surface area (Å²) in [6.07, 6.45) is 8.26. The highest BCUT2D eigenvalue weighted by atomic mass is 35.5. The minimum Gasteiger partial charge on any atom is -0.448 e. The minimum atomic E-state index is -0.529. The predicted octanol–water partition coefficient (Wildman–Crippen LogP) is 7.54. The molecule has 1 aliphatic heterocycles. The third kappa shape index (κ3) is 11.0. The van der Waals surface area contributed by atoms with E-state index in [1.54, 1.807) is 30.2 Å². The number of nitrogens with zero attached hydrogens (tertiary/aromatic N) is 2. The molecule has 3 N–H and O–H groups in total. The zero-order valence-electron chi connectivity index (χ0n) is 25.5. The highest BCUT2D eigenvalue weighted by Gasteiger charge is 2.30. The van der Waals surface area contributed by atoms with Crippen molar-refractivity contribution in [3.63, 3.8) is 0 Å². The molecule has 11 heteroatoms. The molecule has 1 unspecified atom stereocenters. The van der Waals surface area contributed by atoms with Crippen molar-refractivity contribution in [3.8, 4) is 0 Å². The molecule has 1 saturated heterocycles. The fourth-order valence-corrected chi connectivity index (χ4v) is 5.09. The molecule has 0 radical (unpaired) electrons. The third-order valence-electron chi connectivity index (χ3n) is 7.07. The van der Waals surface area contributed by atoms with Crippen molar-refractivity contribution in [2.24, 2.45) is 0 Å². The van der Waals surface area contributed by atoms with Gasteiger partial charge in [-0.25, -0.2) is 9.78 Å². The number of unbranched alkanes of at least 4 members (excludes halogenated alkanes) is 2. The number of carbonyl (C=O) groups excluding carboxylic acids is 2. The number of piperidine rings is 1. The van der Waals surface area contributed by atoms with Crippen molar-refractivity contribution in [1.82, 2.24) is 20.5 Å². The van der Waals surface area contributed by atoms with Crippen molar-refractivity contribution in [3.05, 3.63) is 75.2 Å². The van der Waals surface area contributed by atoms with Gasteiger partial charge in [-0.3, -0.25) is 4.79 Å². The number of nitrogens with one attached hydrogen (secondary N) is 3. The number of amides is 2. The van der Waals surface area contributed by atoms with E-state index in [1.165, 1.54) is 6.21 Å². The maximum Gasteiger partial charge on any atom is 0.410 e. The molecule has 2 amide bonds. The molecule has 0 spiro atoms. The van der Waals surface area contributed by atoms with Crippen molar-refractivity contribution in [2.75, 3.05) is 13.1 Å². The van der Waals surface area contributed by atoms with Crippen molar-refractivity contribution < 1.29 is 18.7 Å². The molecule has 0 aliphatic carbocycles. The van der Waals surface area contributed by atoms with Gasteiger partial charge in [0.2, 0.25) is 0 Å². The second-order valence-electron chi connectivity index (χ2n) is 11.8. The van der Waals surface area contributed by atoms with E-state index < -0.39 is 5.60 Å². The van der Waals surface area contributed by atoms with Crippen LogP contribution in [-0.4, -0.2) is 46.8 Å². The fraction of sp³-hybridized carbons (Fsp3) is 0.500. The summed E-state index contributed by atoms with van der Waals surface area (Å²) in [6.45, 7) is 12.9. The maximum atomic E-state index is 13.0. The molecule has 1 aromatic carbocycles. The lowest BCUT2D eigenvalue weighted by molar-refractivity contribution is -0.117. The Bertz CT molecular complexity index is 1330. The Labute approximate surface area is 264 Å². The Hall–Kier alpha value is -3.30. The van der Waals surface area contributed by atoms with E-state index in [4.69, 9.17) is 42.7 Å². The number of benzene rings is 1. The average Bonchev–Trinajstić information content (AvgIpc) is 3.43. The SMILES string of the molecule is C=C(NCc1ccc(Cl)c(Cl)c1)NC(=O)/C(CCCCCc1coc(C2CCCN(C(=O)OC(C)(C)C)C2)n1)=C(\C)C=N. The summed E-state index contributed by atoms with van der Waals surface area (Å²) in [5.74, 6) is 0.806. The number of allylic oxidation sites excluding steroid dienone is 1. The Kier molecular flexibility index (Phi) is 12.7. The quantitative estimate of drug-likeness (QED) is 0.119. The largest absolute Gasteiger partial charge is 0.448 e. The number of likely N-dealkylation sites (tertiary alicyclic amines) is 1. The highest BCUT2D eigenvalue weighted by Crippen LogP contribution is 2.28. The van der Waals surface area contributed by atoms with Crippen molar-refractivity contribution >= 4 is 41.4 Å². The topological polar surface area (TPSA) is 121 Å². The molecular formula is C32H43Cl2N5O4. The molecule has 2 aromatic rings. The van der Waals surface area contributed by atoms with Gasteiger partial charge in [0.05, 0.1) is 27.5 Å². The second kappa shape index (κ2) is 16.0. The standard InChI is InChI=1S/C32H43Cl2N5O4/c1-21(17-35)26(29(40)37-22(2)36-18-23-13-14-27(33)28(34)16-23)12-8-6-7-11-25-20-42-30(38-25)24-10-9-15-39(19-24)31(41)43-32(3,4)5/h13-14,16-17,20,24,35-36H,2,6-12,15,18-19H2,1,3-5H3,(H,37,40)/b26-21+,35-17?. The van der Waals surface area contributed by atoms with Crippen molar-refractivity contribution in [1.29, 1.82) is 5.41 Å². The monoisotopic (exact) mass is 631 g/mol. The molecule has 3 rings (SSSR count). The van der Waals surface area contributed by atoms with Crippen LogP contribution in [0.2, 0.25) is 10.0 Å². The molecule has 9 nitrogen and oxygen atoms in total. The molecule has 2 heterocycles. The maximum absolute atomic E-state index is 13.0. The van der Waals surface area contributed by atoms with E-state index in [-0.39, 0.29) is 17.9 Å². The van der Waals surface area contributed by atoms with Gasteiger partial charge in [-0.1, -0.05) is 42.3 Å². The number of halogens is 2. The number of aryl methyl sites for hydroxylation is 1. The zero-order chi connectivity index (χ0) is 31.6. The first-order valence-electron chi connectivity index (χ1n) is 14.7. The lowest BCUT2D eigenvalue weighted by Gasteiger charge is -2.32. The molecular weight excluding hydrogens is 589 g/mol. The van der Waals surface area contributed by atoms with E-state index in [2.05, 4.69) is 17.2 Å². The normalized spacial score (nSPS) is 15.9. The molecule has 1 fully saturated rings. The van der Waals surface area contributed by atoms with Gasteiger partial charge in [-0.2, -0.15) is 0 Å². The van der Waals surface area contributed by atoms with Crippen LogP contribution in [0.15, 0.2) is 52.4 Å². The lowest BCUT2D eigenvalue weighted by atomic mass is 9.98. The third-order valence-corrected chi connectivity index (χ3v) is 7.81. The van der Waals surface area contributed by atoms with Gasteiger partial charge in [0.1, 0.15) is 11.9 Å².